The molecule has 0 spiro atoms. The van der Waals surface area contributed by atoms with Crippen molar-refractivity contribution < 1.29 is 9.21 Å². The lowest BCUT2D eigenvalue weighted by molar-refractivity contribution is 0.111. The maximum absolute atomic E-state index is 10.2. The van der Waals surface area contributed by atoms with E-state index in [4.69, 9.17) is 16.0 Å². The molecule has 0 saturated heterocycles. The fourth-order valence-corrected chi connectivity index (χ4v) is 0.820. The number of halogens is 1. The van der Waals surface area contributed by atoms with Gasteiger partial charge in [-0.1, -0.05) is 0 Å². The second-order valence-electron chi connectivity index (χ2n) is 1.72. The molecular weight excluding hydrogens is 154 g/mol. The van der Waals surface area contributed by atoms with Gasteiger partial charge in [0.2, 0.25) is 0 Å². The molecule has 3 nitrogen and oxygen atoms in total. The smallest absolute Gasteiger partial charge is 0.181 e. The number of aromatic nitrogens is 1. The Morgan fingerprint density at radius 1 is 1.80 bits per heavy atom. The number of carbonyl (C=O) groups is 1. The molecule has 1 aromatic rings. The normalized spacial score (nSPS) is 9.70. The monoisotopic (exact) mass is 159 g/mol. The fourth-order valence-electron chi connectivity index (χ4n) is 0.648. The van der Waals surface area contributed by atoms with Crippen molar-refractivity contribution in [2.75, 3.05) is 5.88 Å². The van der Waals surface area contributed by atoms with Crippen molar-refractivity contribution >= 4 is 17.9 Å². The van der Waals surface area contributed by atoms with Gasteiger partial charge in [-0.05, 0) is 0 Å². The maximum atomic E-state index is 10.2. The van der Waals surface area contributed by atoms with Crippen LogP contribution in [0.5, 0.6) is 0 Å². The minimum absolute atomic E-state index is 0.348. The van der Waals surface area contributed by atoms with E-state index in [1.807, 2.05) is 0 Å². The van der Waals surface area contributed by atoms with E-state index in [9.17, 15) is 4.79 Å². The number of aryl methyl sites for hydroxylation is 1. The summed E-state index contributed by atoms with van der Waals surface area (Å²) in [5, 5.41) is 0. The van der Waals surface area contributed by atoms with Crippen molar-refractivity contribution in [2.24, 2.45) is 0 Å². The molecule has 0 aliphatic heterocycles. The Morgan fingerprint density at radius 2 is 2.60 bits per heavy atom. The van der Waals surface area contributed by atoms with E-state index < -0.39 is 0 Å². The molecule has 0 saturated carbocycles. The Bertz CT molecular complexity index is 221. The van der Waals surface area contributed by atoms with Gasteiger partial charge in [0.25, 0.3) is 0 Å². The number of oxazole rings is 1. The van der Waals surface area contributed by atoms with Gasteiger partial charge in [0.05, 0.1) is 0 Å². The first-order chi connectivity index (χ1) is 4.88. The van der Waals surface area contributed by atoms with Gasteiger partial charge in [0.15, 0.2) is 12.7 Å². The highest BCUT2D eigenvalue weighted by molar-refractivity contribution is 6.18. The third-order valence-corrected chi connectivity index (χ3v) is 1.29. The Morgan fingerprint density at radius 3 is 3.20 bits per heavy atom. The molecule has 0 fully saturated rings. The van der Waals surface area contributed by atoms with Crippen LogP contribution in [0, 0.1) is 0 Å². The van der Waals surface area contributed by atoms with Gasteiger partial charge < -0.3 is 4.42 Å². The molecule has 0 unspecified atom stereocenters. The lowest BCUT2D eigenvalue weighted by atomic mass is 10.3. The van der Waals surface area contributed by atoms with Gasteiger partial charge in [0, 0.05) is 12.3 Å². The van der Waals surface area contributed by atoms with E-state index in [-0.39, 0.29) is 0 Å². The summed E-state index contributed by atoms with van der Waals surface area (Å²) in [6.45, 7) is 0. The van der Waals surface area contributed by atoms with Crippen molar-refractivity contribution in [1.82, 2.24) is 4.98 Å². The molecule has 0 bridgehead atoms. The summed E-state index contributed by atoms with van der Waals surface area (Å²) in [5.41, 5.74) is 0.348. The number of nitrogens with zero attached hydrogens (tertiary/aromatic N) is 1. The van der Waals surface area contributed by atoms with E-state index in [0.29, 0.717) is 30.0 Å². The van der Waals surface area contributed by atoms with Crippen LogP contribution in [0.2, 0.25) is 0 Å². The Kier molecular flexibility index (Phi) is 2.45. The van der Waals surface area contributed by atoms with Crippen molar-refractivity contribution in [3.8, 4) is 0 Å². The average Bonchev–Trinajstić information content (AvgIpc) is 2.36. The first-order valence-corrected chi connectivity index (χ1v) is 3.35. The van der Waals surface area contributed by atoms with Crippen molar-refractivity contribution in [3.05, 3.63) is 17.8 Å². The third-order valence-electron chi connectivity index (χ3n) is 1.11. The summed E-state index contributed by atoms with van der Waals surface area (Å²) in [4.78, 5) is 13.9. The zero-order valence-corrected chi connectivity index (χ0v) is 5.97. The largest absolute Gasteiger partial charge is 0.448 e. The van der Waals surface area contributed by atoms with E-state index in [2.05, 4.69) is 4.98 Å². The van der Waals surface area contributed by atoms with Gasteiger partial charge in [-0.15, -0.1) is 11.6 Å². The quantitative estimate of drug-likeness (QED) is 0.493. The van der Waals surface area contributed by atoms with Crippen LogP contribution in [-0.2, 0) is 6.42 Å². The maximum Gasteiger partial charge on any atom is 0.181 e. The summed E-state index contributed by atoms with van der Waals surface area (Å²) < 4.78 is 4.87. The van der Waals surface area contributed by atoms with Gasteiger partial charge in [-0.3, -0.25) is 4.79 Å². The predicted octanol–water partition coefficient (Wildman–Crippen LogP) is 1.27. The molecule has 0 aliphatic carbocycles. The SMILES string of the molecule is O=Cc1ncoc1CCCl. The number of hydrogen-bond donors (Lipinski definition) is 0. The third kappa shape index (κ3) is 1.36. The van der Waals surface area contributed by atoms with E-state index in [0.717, 1.165) is 0 Å². The molecule has 0 aromatic carbocycles. The number of hydrogen-bond acceptors (Lipinski definition) is 3. The van der Waals surface area contributed by atoms with Gasteiger partial charge in [-0.2, -0.15) is 0 Å². The van der Waals surface area contributed by atoms with Crippen LogP contribution < -0.4 is 0 Å². The van der Waals surface area contributed by atoms with Crippen LogP contribution in [-0.4, -0.2) is 17.2 Å². The summed E-state index contributed by atoms with van der Waals surface area (Å²) in [6, 6.07) is 0. The van der Waals surface area contributed by atoms with Crippen LogP contribution >= 0.6 is 11.6 Å². The van der Waals surface area contributed by atoms with E-state index >= 15 is 0 Å². The van der Waals surface area contributed by atoms with Gasteiger partial charge in [-0.25, -0.2) is 4.98 Å². The minimum atomic E-state index is 0.348. The highest BCUT2D eigenvalue weighted by Crippen LogP contribution is 2.05. The first kappa shape index (κ1) is 7.28. The highest BCUT2D eigenvalue weighted by atomic mass is 35.5. The molecule has 4 heteroatoms. The molecule has 1 rings (SSSR count). The predicted molar refractivity (Wildman–Crippen MR) is 36.3 cm³/mol. The van der Waals surface area contributed by atoms with E-state index in [1.165, 1.54) is 6.39 Å². The number of rotatable bonds is 3. The molecule has 1 aromatic heterocycles. The van der Waals surface area contributed by atoms with Crippen LogP contribution in [0.15, 0.2) is 10.8 Å². The lowest BCUT2D eigenvalue weighted by Crippen LogP contribution is -1.89. The summed E-state index contributed by atoms with van der Waals surface area (Å²) in [7, 11) is 0. The average molecular weight is 160 g/mol. The Balaban J connectivity index is 2.79. The zero-order valence-electron chi connectivity index (χ0n) is 5.21. The van der Waals surface area contributed by atoms with Crippen LogP contribution in [0.4, 0.5) is 0 Å². The molecule has 1 heterocycles. The highest BCUT2D eigenvalue weighted by Gasteiger charge is 2.04. The molecule has 54 valence electrons. The number of carbonyl (C=O) groups excluding carboxylic acids is 1. The number of aldehydes is 1. The topological polar surface area (TPSA) is 43.1 Å². The van der Waals surface area contributed by atoms with Gasteiger partial charge >= 0.3 is 0 Å². The molecular formula is C6H6ClNO2. The van der Waals surface area contributed by atoms with Crippen molar-refractivity contribution in [3.63, 3.8) is 0 Å². The molecule has 0 aliphatic rings. The van der Waals surface area contributed by atoms with Crippen molar-refractivity contribution in [1.29, 1.82) is 0 Å². The van der Waals surface area contributed by atoms with Crippen LogP contribution in [0.25, 0.3) is 0 Å². The van der Waals surface area contributed by atoms with Crippen LogP contribution in [0.1, 0.15) is 16.2 Å². The fraction of sp³-hybridized carbons (Fsp3) is 0.333. The number of alkyl halides is 1. The Labute approximate surface area is 63.0 Å². The minimum Gasteiger partial charge on any atom is -0.448 e. The summed E-state index contributed by atoms with van der Waals surface area (Å²) in [6.07, 6.45) is 2.45. The van der Waals surface area contributed by atoms with Crippen molar-refractivity contribution in [2.45, 2.75) is 6.42 Å². The molecule has 0 radical (unpaired) electrons. The van der Waals surface area contributed by atoms with Gasteiger partial charge in [0.1, 0.15) is 11.5 Å². The Hall–Kier alpha value is -0.830. The molecule has 0 N–H and O–H groups in total. The summed E-state index contributed by atoms with van der Waals surface area (Å²) >= 11 is 5.42. The molecule has 10 heavy (non-hydrogen) atoms. The second kappa shape index (κ2) is 3.37. The lowest BCUT2D eigenvalue weighted by Gasteiger charge is -1.87. The van der Waals surface area contributed by atoms with Crippen LogP contribution in [0.3, 0.4) is 0 Å². The standard InChI is InChI=1S/C6H6ClNO2/c7-2-1-6-5(3-9)8-4-10-6/h3-4H,1-2H2. The zero-order chi connectivity index (χ0) is 7.40. The molecule has 0 amide bonds. The second-order valence-corrected chi connectivity index (χ2v) is 2.10. The van der Waals surface area contributed by atoms with E-state index in [1.54, 1.807) is 0 Å². The first-order valence-electron chi connectivity index (χ1n) is 2.82. The molecule has 0 atom stereocenters. The summed E-state index contributed by atoms with van der Waals surface area (Å²) in [5.74, 6) is 1.00.